The SMILES string of the molecule is O=[N+]([O-])c1cc(S(=O)(=O)C(F)(F)F)ccc1NC1(CO)CCCC1. The summed E-state index contributed by atoms with van der Waals surface area (Å²) in [7, 11) is -5.68. The minimum absolute atomic E-state index is 0.128. The predicted molar refractivity (Wildman–Crippen MR) is 78.2 cm³/mol. The molecule has 1 aliphatic carbocycles. The van der Waals surface area contributed by atoms with Crippen molar-refractivity contribution in [1.82, 2.24) is 0 Å². The molecule has 7 nitrogen and oxygen atoms in total. The second kappa shape index (κ2) is 6.20. The second-order valence-corrected chi connectivity index (χ2v) is 7.60. The van der Waals surface area contributed by atoms with Crippen molar-refractivity contribution < 1.29 is 31.6 Å². The van der Waals surface area contributed by atoms with E-state index in [0.29, 0.717) is 25.0 Å². The van der Waals surface area contributed by atoms with E-state index in [9.17, 15) is 36.8 Å². The van der Waals surface area contributed by atoms with E-state index >= 15 is 0 Å². The van der Waals surface area contributed by atoms with Gasteiger partial charge in [0.15, 0.2) is 0 Å². The zero-order valence-corrected chi connectivity index (χ0v) is 13.2. The zero-order chi connectivity index (χ0) is 18.2. The summed E-state index contributed by atoms with van der Waals surface area (Å²) in [5.74, 6) is 0. The Kier molecular flexibility index (Phi) is 4.77. The summed E-state index contributed by atoms with van der Waals surface area (Å²) in [6.07, 6.45) is 2.68. The first-order valence-corrected chi connectivity index (χ1v) is 8.50. The highest BCUT2D eigenvalue weighted by Gasteiger charge is 2.47. The van der Waals surface area contributed by atoms with Crippen molar-refractivity contribution in [1.29, 1.82) is 0 Å². The molecule has 2 N–H and O–H groups in total. The molecule has 11 heteroatoms. The Morgan fingerprint density at radius 3 is 2.33 bits per heavy atom. The molecule has 1 fully saturated rings. The first-order valence-electron chi connectivity index (χ1n) is 7.01. The molecule has 0 unspecified atom stereocenters. The first kappa shape index (κ1) is 18.5. The Balaban J connectivity index is 2.47. The first-order chi connectivity index (χ1) is 11.0. The number of sulfone groups is 1. The van der Waals surface area contributed by atoms with Crippen LogP contribution >= 0.6 is 0 Å². The van der Waals surface area contributed by atoms with Gasteiger partial charge in [-0.05, 0) is 25.0 Å². The number of hydrogen-bond acceptors (Lipinski definition) is 6. The number of hydrogen-bond donors (Lipinski definition) is 2. The van der Waals surface area contributed by atoms with Gasteiger partial charge in [0.25, 0.3) is 15.5 Å². The summed E-state index contributed by atoms with van der Waals surface area (Å²) in [5, 5.41) is 23.5. The van der Waals surface area contributed by atoms with Crippen molar-refractivity contribution in [2.45, 2.75) is 41.6 Å². The monoisotopic (exact) mass is 368 g/mol. The Bertz CT molecular complexity index is 742. The third-order valence-corrected chi connectivity index (χ3v) is 5.53. The van der Waals surface area contributed by atoms with Crippen LogP contribution in [0.1, 0.15) is 25.7 Å². The highest BCUT2D eigenvalue weighted by Crippen LogP contribution is 2.38. The molecule has 0 heterocycles. The van der Waals surface area contributed by atoms with E-state index in [1.807, 2.05) is 0 Å². The number of nitro groups is 1. The van der Waals surface area contributed by atoms with E-state index in [1.165, 1.54) is 0 Å². The van der Waals surface area contributed by atoms with Crippen LogP contribution in [0, 0.1) is 10.1 Å². The number of rotatable bonds is 5. The van der Waals surface area contributed by atoms with E-state index in [4.69, 9.17) is 0 Å². The predicted octanol–water partition coefficient (Wildman–Crippen LogP) is 2.61. The number of halogens is 3. The third kappa shape index (κ3) is 3.31. The molecule has 0 atom stereocenters. The van der Waals surface area contributed by atoms with Crippen molar-refractivity contribution in [3.8, 4) is 0 Å². The fraction of sp³-hybridized carbons (Fsp3) is 0.538. The van der Waals surface area contributed by atoms with Gasteiger partial charge in [0.05, 0.1) is 22.0 Å². The molecular formula is C13H15F3N2O5S. The number of aliphatic hydroxyl groups is 1. The number of alkyl halides is 3. The van der Waals surface area contributed by atoms with E-state index in [-0.39, 0.29) is 12.3 Å². The van der Waals surface area contributed by atoms with Crippen LogP contribution in [0.15, 0.2) is 23.1 Å². The standard InChI is InChI=1S/C13H15F3N2O5S/c14-13(15,16)24(22,23)9-3-4-10(11(7-9)18(20)21)17-12(8-19)5-1-2-6-12/h3-4,7,17,19H,1-2,5-6,8H2. The summed E-state index contributed by atoms with van der Waals surface area (Å²) in [4.78, 5) is 8.99. The molecule has 1 saturated carbocycles. The summed E-state index contributed by atoms with van der Waals surface area (Å²) in [6, 6.07) is 1.97. The van der Waals surface area contributed by atoms with Gasteiger partial charge in [-0.3, -0.25) is 10.1 Å². The average molecular weight is 368 g/mol. The van der Waals surface area contributed by atoms with Gasteiger partial charge in [-0.15, -0.1) is 0 Å². The molecule has 1 aromatic carbocycles. The number of benzene rings is 1. The molecule has 0 bridgehead atoms. The summed E-state index contributed by atoms with van der Waals surface area (Å²) >= 11 is 0. The van der Waals surface area contributed by atoms with Gasteiger partial charge in [-0.2, -0.15) is 13.2 Å². The van der Waals surface area contributed by atoms with Crippen LogP contribution in [0.25, 0.3) is 0 Å². The van der Waals surface area contributed by atoms with Gasteiger partial charge < -0.3 is 10.4 Å². The molecule has 0 saturated heterocycles. The van der Waals surface area contributed by atoms with Crippen LogP contribution in [0.4, 0.5) is 24.5 Å². The summed E-state index contributed by atoms with van der Waals surface area (Å²) < 4.78 is 60.6. The van der Waals surface area contributed by atoms with Crippen molar-refractivity contribution in [3.63, 3.8) is 0 Å². The molecule has 0 radical (unpaired) electrons. The maximum absolute atomic E-state index is 12.6. The maximum atomic E-state index is 12.6. The molecule has 1 aromatic rings. The van der Waals surface area contributed by atoms with Crippen molar-refractivity contribution in [2.75, 3.05) is 11.9 Å². The summed E-state index contributed by atoms with van der Waals surface area (Å²) in [5.41, 5.74) is -7.26. The Morgan fingerprint density at radius 1 is 1.29 bits per heavy atom. The van der Waals surface area contributed by atoms with Gasteiger partial charge in [-0.25, -0.2) is 8.42 Å². The highest BCUT2D eigenvalue weighted by molar-refractivity contribution is 7.92. The number of nitro benzene ring substituents is 1. The van der Waals surface area contributed by atoms with E-state index < -0.39 is 36.4 Å². The molecule has 0 aromatic heterocycles. The van der Waals surface area contributed by atoms with Gasteiger partial charge in [0.2, 0.25) is 0 Å². The lowest BCUT2D eigenvalue weighted by molar-refractivity contribution is -0.384. The van der Waals surface area contributed by atoms with Gasteiger partial charge in [0.1, 0.15) is 5.69 Å². The molecule has 2 rings (SSSR count). The van der Waals surface area contributed by atoms with E-state index in [0.717, 1.165) is 18.9 Å². The van der Waals surface area contributed by atoms with Gasteiger partial charge in [0, 0.05) is 6.07 Å². The van der Waals surface area contributed by atoms with Crippen molar-refractivity contribution in [3.05, 3.63) is 28.3 Å². The summed E-state index contributed by atoms with van der Waals surface area (Å²) in [6.45, 7) is -0.299. The fourth-order valence-electron chi connectivity index (χ4n) is 2.73. The van der Waals surface area contributed by atoms with E-state index in [1.54, 1.807) is 0 Å². The topological polar surface area (TPSA) is 110 Å². The van der Waals surface area contributed by atoms with E-state index in [2.05, 4.69) is 5.32 Å². The zero-order valence-electron chi connectivity index (χ0n) is 12.3. The molecule has 0 spiro atoms. The molecule has 134 valence electrons. The minimum atomic E-state index is -5.68. The molecule has 0 aliphatic heterocycles. The lowest BCUT2D eigenvalue weighted by Gasteiger charge is -2.29. The Labute approximate surface area is 135 Å². The third-order valence-electron chi connectivity index (χ3n) is 4.04. The minimum Gasteiger partial charge on any atom is -0.394 e. The number of aliphatic hydroxyl groups excluding tert-OH is 1. The number of anilines is 1. The second-order valence-electron chi connectivity index (χ2n) is 5.66. The van der Waals surface area contributed by atoms with Crippen LogP contribution in [0.5, 0.6) is 0 Å². The average Bonchev–Trinajstić information content (AvgIpc) is 2.95. The maximum Gasteiger partial charge on any atom is 0.501 e. The fourth-order valence-corrected chi connectivity index (χ4v) is 3.51. The number of nitrogens with zero attached hydrogens (tertiary/aromatic N) is 1. The highest BCUT2D eigenvalue weighted by atomic mass is 32.2. The van der Waals surface area contributed by atoms with Crippen molar-refractivity contribution >= 4 is 21.2 Å². The quantitative estimate of drug-likeness (QED) is 0.611. The molecule has 0 amide bonds. The number of nitrogens with one attached hydrogen (secondary N) is 1. The Morgan fingerprint density at radius 2 is 1.88 bits per heavy atom. The normalized spacial score (nSPS) is 17.7. The van der Waals surface area contributed by atoms with Crippen LogP contribution < -0.4 is 5.32 Å². The lowest BCUT2D eigenvalue weighted by Crippen LogP contribution is -2.39. The van der Waals surface area contributed by atoms with Crippen LogP contribution in [0.3, 0.4) is 0 Å². The van der Waals surface area contributed by atoms with Crippen LogP contribution in [-0.2, 0) is 9.84 Å². The lowest BCUT2D eigenvalue weighted by atomic mass is 9.98. The van der Waals surface area contributed by atoms with Crippen LogP contribution in [0.2, 0.25) is 0 Å². The molecule has 24 heavy (non-hydrogen) atoms. The molecule has 1 aliphatic rings. The Hall–Kier alpha value is -1.88. The van der Waals surface area contributed by atoms with Gasteiger partial charge >= 0.3 is 5.51 Å². The van der Waals surface area contributed by atoms with Crippen molar-refractivity contribution in [2.24, 2.45) is 0 Å². The smallest absolute Gasteiger partial charge is 0.394 e. The van der Waals surface area contributed by atoms with Gasteiger partial charge in [-0.1, -0.05) is 12.8 Å². The molecular weight excluding hydrogens is 353 g/mol. The van der Waals surface area contributed by atoms with Crippen LogP contribution in [-0.4, -0.2) is 36.1 Å². The largest absolute Gasteiger partial charge is 0.501 e.